The second-order valence-electron chi connectivity index (χ2n) is 6.87. The van der Waals surface area contributed by atoms with Crippen molar-refractivity contribution in [1.82, 2.24) is 9.88 Å². The summed E-state index contributed by atoms with van der Waals surface area (Å²) in [4.78, 5) is 42.0. The summed E-state index contributed by atoms with van der Waals surface area (Å²) in [5, 5.41) is 2.80. The third-order valence-electron chi connectivity index (χ3n) is 4.88. The molecule has 2 atom stereocenters. The van der Waals surface area contributed by atoms with Crippen LogP contribution in [0.25, 0.3) is 0 Å². The molecule has 0 aliphatic heterocycles. The average molecular weight is 381 g/mol. The maximum atomic E-state index is 12.5. The summed E-state index contributed by atoms with van der Waals surface area (Å²) in [6, 6.07) is 10.3. The van der Waals surface area contributed by atoms with E-state index in [4.69, 9.17) is 0 Å². The van der Waals surface area contributed by atoms with Gasteiger partial charge in [0, 0.05) is 31.7 Å². The van der Waals surface area contributed by atoms with Crippen LogP contribution in [0.3, 0.4) is 0 Å². The molecule has 0 spiro atoms. The number of anilines is 1. The lowest BCUT2D eigenvalue weighted by Crippen LogP contribution is -2.31. The lowest BCUT2D eigenvalue weighted by Gasteiger charge is -2.17. The number of carbonyl (C=O) groups excluding carboxylic acids is 3. The minimum atomic E-state index is -0.430. The van der Waals surface area contributed by atoms with Crippen molar-refractivity contribution in [3.05, 3.63) is 59.9 Å². The maximum Gasteiger partial charge on any atom is 0.337 e. The highest BCUT2D eigenvalue weighted by Gasteiger charge is 2.49. The number of esters is 1. The van der Waals surface area contributed by atoms with Crippen LogP contribution in [0.1, 0.15) is 22.3 Å². The first-order valence-electron chi connectivity index (χ1n) is 9.12. The normalized spacial score (nSPS) is 17.5. The number of hydrogen-bond acceptors (Lipinski definition) is 5. The van der Waals surface area contributed by atoms with Crippen molar-refractivity contribution >= 4 is 23.5 Å². The Labute approximate surface area is 163 Å². The average Bonchev–Trinajstić information content (AvgIpc) is 3.53. The number of nitrogens with one attached hydrogen (secondary N) is 1. The summed E-state index contributed by atoms with van der Waals surface area (Å²) in [5.41, 5.74) is 2.12. The van der Waals surface area contributed by atoms with Gasteiger partial charge in [0.05, 0.1) is 24.5 Å². The fourth-order valence-corrected chi connectivity index (χ4v) is 3.04. The van der Waals surface area contributed by atoms with Gasteiger partial charge in [0.1, 0.15) is 0 Å². The van der Waals surface area contributed by atoms with Gasteiger partial charge in [-0.1, -0.05) is 0 Å². The van der Waals surface area contributed by atoms with Gasteiger partial charge in [-0.2, -0.15) is 0 Å². The lowest BCUT2D eigenvalue weighted by molar-refractivity contribution is -0.132. The summed E-state index contributed by atoms with van der Waals surface area (Å²) in [6.45, 7) is 0.600. The van der Waals surface area contributed by atoms with Crippen molar-refractivity contribution in [2.45, 2.75) is 12.8 Å². The number of carbonyl (C=O) groups is 3. The van der Waals surface area contributed by atoms with Crippen molar-refractivity contribution < 1.29 is 19.1 Å². The molecule has 0 saturated heterocycles. The van der Waals surface area contributed by atoms with E-state index in [9.17, 15) is 14.4 Å². The number of ether oxygens (including phenoxy) is 1. The fraction of sp³-hybridized carbons (Fsp3) is 0.333. The number of aromatic nitrogens is 1. The topological polar surface area (TPSA) is 88.6 Å². The largest absolute Gasteiger partial charge is 0.465 e. The number of hydrogen-bond donors (Lipinski definition) is 1. The van der Waals surface area contributed by atoms with E-state index >= 15 is 0 Å². The molecule has 7 heteroatoms. The van der Waals surface area contributed by atoms with Gasteiger partial charge < -0.3 is 15.0 Å². The van der Waals surface area contributed by atoms with Crippen molar-refractivity contribution in [3.8, 4) is 0 Å². The minimum absolute atomic E-state index is 0.00440. The number of rotatable bonds is 7. The third-order valence-corrected chi connectivity index (χ3v) is 4.88. The number of nitrogens with zero attached hydrogens (tertiary/aromatic N) is 2. The van der Waals surface area contributed by atoms with Gasteiger partial charge in [-0.05, 0) is 54.8 Å². The molecule has 28 heavy (non-hydrogen) atoms. The van der Waals surface area contributed by atoms with Crippen LogP contribution in [-0.4, -0.2) is 48.4 Å². The van der Waals surface area contributed by atoms with E-state index in [2.05, 4.69) is 15.0 Å². The number of methoxy groups -OCH3 is 1. The molecule has 1 aliphatic rings. The molecule has 2 amide bonds. The highest BCUT2D eigenvalue weighted by atomic mass is 16.5. The molecule has 0 radical (unpaired) electrons. The minimum Gasteiger partial charge on any atom is -0.465 e. The second-order valence-corrected chi connectivity index (χ2v) is 6.87. The monoisotopic (exact) mass is 381 g/mol. The predicted octanol–water partition coefficient (Wildman–Crippen LogP) is 2.14. The first-order chi connectivity index (χ1) is 13.5. The Morgan fingerprint density at radius 3 is 2.43 bits per heavy atom. The highest BCUT2D eigenvalue weighted by Crippen LogP contribution is 2.40. The molecule has 1 aliphatic carbocycles. The Morgan fingerprint density at radius 1 is 1.11 bits per heavy atom. The Morgan fingerprint density at radius 2 is 1.79 bits per heavy atom. The molecule has 2 aromatic rings. The molecule has 0 bridgehead atoms. The van der Waals surface area contributed by atoms with Gasteiger partial charge in [-0.15, -0.1) is 0 Å². The van der Waals surface area contributed by atoms with Crippen LogP contribution >= 0.6 is 0 Å². The Hall–Kier alpha value is -3.22. The van der Waals surface area contributed by atoms with E-state index in [0.717, 1.165) is 12.0 Å². The zero-order valence-corrected chi connectivity index (χ0v) is 15.9. The zero-order valence-electron chi connectivity index (χ0n) is 15.9. The van der Waals surface area contributed by atoms with E-state index < -0.39 is 5.97 Å². The SMILES string of the molecule is COC(=O)c1ccc(NC(=O)C2CC2C(=O)N(C)CCc2ccncc2)cc1. The van der Waals surface area contributed by atoms with Gasteiger partial charge in [0.2, 0.25) is 11.8 Å². The Bertz CT molecular complexity index is 852. The van der Waals surface area contributed by atoms with Crippen LogP contribution in [0.2, 0.25) is 0 Å². The van der Waals surface area contributed by atoms with E-state index in [0.29, 0.717) is 24.2 Å². The van der Waals surface area contributed by atoms with Crippen LogP contribution in [0.4, 0.5) is 5.69 Å². The molecule has 146 valence electrons. The van der Waals surface area contributed by atoms with Crippen molar-refractivity contribution in [3.63, 3.8) is 0 Å². The summed E-state index contributed by atoms with van der Waals surface area (Å²) >= 11 is 0. The van der Waals surface area contributed by atoms with Crippen LogP contribution in [0.5, 0.6) is 0 Å². The van der Waals surface area contributed by atoms with Gasteiger partial charge >= 0.3 is 5.97 Å². The van der Waals surface area contributed by atoms with E-state index in [1.54, 1.807) is 48.6 Å². The molecule has 3 rings (SSSR count). The first-order valence-corrected chi connectivity index (χ1v) is 9.12. The molecule has 1 aromatic heterocycles. The molecule has 1 aromatic carbocycles. The number of benzene rings is 1. The zero-order chi connectivity index (χ0) is 20.1. The Kier molecular flexibility index (Phi) is 6.03. The van der Waals surface area contributed by atoms with Gasteiger partial charge in [-0.3, -0.25) is 14.6 Å². The molecular formula is C21H23N3O4. The smallest absolute Gasteiger partial charge is 0.337 e. The second kappa shape index (κ2) is 8.65. The molecular weight excluding hydrogens is 358 g/mol. The van der Waals surface area contributed by atoms with Crippen molar-refractivity contribution in [2.24, 2.45) is 11.8 Å². The quantitative estimate of drug-likeness (QED) is 0.743. The maximum absolute atomic E-state index is 12.5. The van der Waals surface area contributed by atoms with Gasteiger partial charge in [-0.25, -0.2) is 4.79 Å². The van der Waals surface area contributed by atoms with Crippen molar-refractivity contribution in [2.75, 3.05) is 26.0 Å². The molecule has 2 unspecified atom stereocenters. The fourth-order valence-electron chi connectivity index (χ4n) is 3.04. The molecule has 7 nitrogen and oxygen atoms in total. The van der Waals surface area contributed by atoms with E-state index in [1.165, 1.54) is 7.11 Å². The molecule has 1 heterocycles. The molecule has 1 fully saturated rings. The number of pyridine rings is 1. The first kappa shape index (κ1) is 19.5. The summed E-state index contributed by atoms with van der Waals surface area (Å²) in [5.74, 6) is -1.18. The third kappa shape index (κ3) is 4.73. The van der Waals surface area contributed by atoms with Gasteiger partial charge in [0.25, 0.3) is 0 Å². The summed E-state index contributed by atoms with van der Waals surface area (Å²) in [7, 11) is 3.08. The number of likely N-dealkylation sites (N-methyl/N-ethyl adjacent to an activating group) is 1. The van der Waals surface area contributed by atoms with Crippen LogP contribution in [-0.2, 0) is 20.7 Å². The lowest BCUT2D eigenvalue weighted by atomic mass is 10.2. The summed E-state index contributed by atoms with van der Waals surface area (Å²) < 4.78 is 4.64. The molecule has 1 N–H and O–H groups in total. The molecule has 1 saturated carbocycles. The van der Waals surface area contributed by atoms with Crippen molar-refractivity contribution in [1.29, 1.82) is 0 Å². The highest BCUT2D eigenvalue weighted by molar-refractivity contribution is 5.99. The van der Waals surface area contributed by atoms with Crippen LogP contribution < -0.4 is 5.32 Å². The standard InChI is InChI=1S/C21H23N3O4/c1-24(12-9-14-7-10-22-11-8-14)20(26)18-13-17(18)19(25)23-16-5-3-15(4-6-16)21(27)28-2/h3-8,10-11,17-18H,9,12-13H2,1-2H3,(H,23,25). The number of amides is 2. The summed E-state index contributed by atoms with van der Waals surface area (Å²) in [6.07, 6.45) is 4.78. The Balaban J connectivity index is 1.47. The predicted molar refractivity (Wildman–Crippen MR) is 104 cm³/mol. The van der Waals surface area contributed by atoms with Crippen LogP contribution in [0.15, 0.2) is 48.8 Å². The van der Waals surface area contributed by atoms with Gasteiger partial charge in [0.15, 0.2) is 0 Å². The van der Waals surface area contributed by atoms with E-state index in [-0.39, 0.29) is 23.7 Å². The van der Waals surface area contributed by atoms with Crippen LogP contribution in [0, 0.1) is 11.8 Å². The van der Waals surface area contributed by atoms with E-state index in [1.807, 2.05) is 12.1 Å².